The van der Waals surface area contributed by atoms with E-state index in [1.165, 1.54) is 6.33 Å². The monoisotopic (exact) mass is 291 g/mol. The molecule has 2 N–H and O–H groups in total. The molecule has 0 bridgehead atoms. The molecule has 0 spiro atoms. The number of H-pyrrole nitrogens is 1. The molecule has 1 saturated heterocycles. The van der Waals surface area contributed by atoms with E-state index in [0.29, 0.717) is 19.0 Å². The highest BCUT2D eigenvalue weighted by Gasteiger charge is 2.28. The van der Waals surface area contributed by atoms with Gasteiger partial charge in [0, 0.05) is 24.0 Å². The maximum absolute atomic E-state index is 12.1. The summed E-state index contributed by atoms with van der Waals surface area (Å²) in [6.45, 7) is 1.36. The third-order valence-electron chi connectivity index (χ3n) is 3.46. The van der Waals surface area contributed by atoms with Crippen molar-refractivity contribution in [3.05, 3.63) is 41.2 Å². The Hall–Kier alpha value is -2.08. The van der Waals surface area contributed by atoms with Crippen molar-refractivity contribution >= 4 is 23.6 Å². The fourth-order valence-corrected chi connectivity index (χ4v) is 2.74. The molecule has 2 aromatic rings. The number of carbonyl (C=O) groups excluding carboxylic acids is 1. The molecule has 0 aliphatic carbocycles. The second kappa shape index (κ2) is 5.50. The third kappa shape index (κ3) is 2.60. The van der Waals surface area contributed by atoms with Gasteiger partial charge in [-0.15, -0.1) is 0 Å². The summed E-state index contributed by atoms with van der Waals surface area (Å²) < 4.78 is 0. The van der Waals surface area contributed by atoms with E-state index in [1.807, 2.05) is 24.3 Å². The quantitative estimate of drug-likeness (QED) is 0.892. The van der Waals surface area contributed by atoms with Gasteiger partial charge in [0.25, 0.3) is 0 Å². The van der Waals surface area contributed by atoms with Gasteiger partial charge in [-0.1, -0.05) is 29.8 Å². The Morgan fingerprint density at radius 3 is 3.05 bits per heavy atom. The minimum atomic E-state index is -0.170. The number of benzene rings is 1. The third-order valence-corrected chi connectivity index (χ3v) is 3.81. The van der Waals surface area contributed by atoms with Gasteiger partial charge in [0.1, 0.15) is 6.33 Å². The van der Waals surface area contributed by atoms with Gasteiger partial charge in [0.15, 0.2) is 0 Å². The van der Waals surface area contributed by atoms with Crippen LogP contribution < -0.4 is 5.32 Å². The van der Waals surface area contributed by atoms with Crippen LogP contribution in [-0.2, 0) is 0 Å². The highest BCUT2D eigenvalue weighted by molar-refractivity contribution is 6.31. The Bertz CT molecular complexity index is 601. The Balaban J connectivity index is 1.65. The average molecular weight is 292 g/mol. The van der Waals surface area contributed by atoms with Crippen LogP contribution in [-0.4, -0.2) is 39.2 Å². The summed E-state index contributed by atoms with van der Waals surface area (Å²) in [6, 6.07) is 7.61. The molecule has 1 aliphatic rings. The van der Waals surface area contributed by atoms with E-state index in [2.05, 4.69) is 20.5 Å². The maximum Gasteiger partial charge on any atom is 0.324 e. The van der Waals surface area contributed by atoms with Gasteiger partial charge >= 0.3 is 6.03 Å². The molecule has 1 aromatic heterocycles. The first-order valence-electron chi connectivity index (χ1n) is 6.40. The van der Waals surface area contributed by atoms with Crippen LogP contribution >= 0.6 is 11.6 Å². The van der Waals surface area contributed by atoms with Crippen molar-refractivity contribution in [3.63, 3.8) is 0 Å². The Kier molecular flexibility index (Phi) is 3.56. The summed E-state index contributed by atoms with van der Waals surface area (Å²) in [6.07, 6.45) is 2.26. The summed E-state index contributed by atoms with van der Waals surface area (Å²) >= 11 is 6.20. The van der Waals surface area contributed by atoms with Crippen LogP contribution in [0.4, 0.5) is 10.7 Å². The Morgan fingerprint density at radius 1 is 1.45 bits per heavy atom. The minimum absolute atomic E-state index is 0.170. The van der Waals surface area contributed by atoms with E-state index in [1.54, 1.807) is 4.90 Å². The number of anilines is 1. The minimum Gasteiger partial charge on any atom is -0.324 e. The molecular formula is C13H14ClN5O. The van der Waals surface area contributed by atoms with Crippen molar-refractivity contribution < 1.29 is 4.79 Å². The number of nitrogens with one attached hydrogen (secondary N) is 2. The van der Waals surface area contributed by atoms with E-state index in [0.717, 1.165) is 17.0 Å². The lowest BCUT2D eigenvalue weighted by Gasteiger charge is -2.16. The lowest BCUT2D eigenvalue weighted by atomic mass is 9.98. The zero-order valence-corrected chi connectivity index (χ0v) is 11.5. The van der Waals surface area contributed by atoms with Crippen molar-refractivity contribution in [3.8, 4) is 0 Å². The second-order valence-electron chi connectivity index (χ2n) is 4.72. The number of likely N-dealkylation sites (tertiary alicyclic amines) is 1. The molecule has 2 heterocycles. The Labute approximate surface area is 121 Å². The van der Waals surface area contributed by atoms with Crippen molar-refractivity contribution in [2.75, 3.05) is 18.4 Å². The predicted molar refractivity (Wildman–Crippen MR) is 75.8 cm³/mol. The average Bonchev–Trinajstić information content (AvgIpc) is 3.10. The molecule has 20 heavy (non-hydrogen) atoms. The SMILES string of the molecule is O=C(Nc1ncn[nH]1)N1CCC(c2ccccc2Cl)C1. The van der Waals surface area contributed by atoms with Crippen molar-refractivity contribution in [2.45, 2.75) is 12.3 Å². The zero-order valence-electron chi connectivity index (χ0n) is 10.7. The zero-order chi connectivity index (χ0) is 13.9. The van der Waals surface area contributed by atoms with Crippen LogP contribution in [0, 0.1) is 0 Å². The predicted octanol–water partition coefficient (Wildman–Crippen LogP) is 2.48. The molecule has 1 atom stereocenters. The largest absolute Gasteiger partial charge is 0.324 e. The number of hydrogen-bond acceptors (Lipinski definition) is 3. The Morgan fingerprint density at radius 2 is 2.30 bits per heavy atom. The number of aromatic amines is 1. The number of nitrogens with zero attached hydrogens (tertiary/aromatic N) is 3. The molecule has 0 saturated carbocycles. The fraction of sp³-hybridized carbons (Fsp3) is 0.308. The number of aromatic nitrogens is 3. The fourth-order valence-electron chi connectivity index (χ4n) is 2.45. The summed E-state index contributed by atoms with van der Waals surface area (Å²) in [5, 5.41) is 9.73. The van der Waals surface area contributed by atoms with Gasteiger partial charge in [-0.2, -0.15) is 10.1 Å². The molecule has 0 radical (unpaired) electrons. The van der Waals surface area contributed by atoms with E-state index >= 15 is 0 Å². The van der Waals surface area contributed by atoms with Gasteiger partial charge in [-0.3, -0.25) is 5.32 Å². The van der Waals surface area contributed by atoms with Gasteiger partial charge < -0.3 is 4.90 Å². The normalized spacial score (nSPS) is 18.2. The lowest BCUT2D eigenvalue weighted by Crippen LogP contribution is -2.33. The van der Waals surface area contributed by atoms with E-state index < -0.39 is 0 Å². The number of carbonyl (C=O) groups is 1. The molecule has 6 nitrogen and oxygen atoms in total. The van der Waals surface area contributed by atoms with Crippen LogP contribution in [0.25, 0.3) is 0 Å². The van der Waals surface area contributed by atoms with Gasteiger partial charge in [0.05, 0.1) is 0 Å². The van der Waals surface area contributed by atoms with Crippen molar-refractivity contribution in [2.24, 2.45) is 0 Å². The highest BCUT2D eigenvalue weighted by atomic mass is 35.5. The molecule has 1 aromatic carbocycles. The van der Waals surface area contributed by atoms with Crippen LogP contribution in [0.3, 0.4) is 0 Å². The number of rotatable bonds is 2. The summed E-state index contributed by atoms with van der Waals surface area (Å²) in [7, 11) is 0. The van der Waals surface area contributed by atoms with Gasteiger partial charge in [-0.05, 0) is 18.1 Å². The van der Waals surface area contributed by atoms with Gasteiger partial charge in [0.2, 0.25) is 5.95 Å². The van der Waals surface area contributed by atoms with Crippen molar-refractivity contribution in [1.82, 2.24) is 20.1 Å². The molecule has 104 valence electrons. The molecule has 1 aliphatic heterocycles. The maximum atomic E-state index is 12.1. The van der Waals surface area contributed by atoms with Crippen LogP contribution in [0.15, 0.2) is 30.6 Å². The topological polar surface area (TPSA) is 73.9 Å². The standard InChI is InChI=1S/C13H14ClN5O/c14-11-4-2-1-3-10(11)9-5-6-19(7-9)13(20)17-12-15-8-16-18-12/h1-4,8-9H,5-7H2,(H2,15,16,17,18,20). The molecular weight excluding hydrogens is 278 g/mol. The molecule has 2 amide bonds. The molecule has 1 fully saturated rings. The molecule has 1 unspecified atom stereocenters. The van der Waals surface area contributed by atoms with E-state index in [9.17, 15) is 4.79 Å². The first-order valence-corrected chi connectivity index (χ1v) is 6.77. The number of hydrogen-bond donors (Lipinski definition) is 2. The van der Waals surface area contributed by atoms with E-state index in [4.69, 9.17) is 11.6 Å². The number of urea groups is 1. The van der Waals surface area contributed by atoms with Crippen LogP contribution in [0.5, 0.6) is 0 Å². The summed E-state index contributed by atoms with van der Waals surface area (Å²) in [5.41, 5.74) is 1.10. The second-order valence-corrected chi connectivity index (χ2v) is 5.12. The first-order chi connectivity index (χ1) is 9.74. The van der Waals surface area contributed by atoms with Gasteiger partial charge in [-0.25, -0.2) is 9.89 Å². The summed E-state index contributed by atoms with van der Waals surface area (Å²) in [5.74, 6) is 0.639. The molecule has 7 heteroatoms. The van der Waals surface area contributed by atoms with Crippen LogP contribution in [0.2, 0.25) is 5.02 Å². The lowest BCUT2D eigenvalue weighted by molar-refractivity contribution is 0.222. The van der Waals surface area contributed by atoms with Crippen molar-refractivity contribution in [1.29, 1.82) is 0 Å². The smallest absolute Gasteiger partial charge is 0.324 e. The first kappa shape index (κ1) is 12.9. The summed E-state index contributed by atoms with van der Waals surface area (Å²) in [4.78, 5) is 17.7. The van der Waals surface area contributed by atoms with E-state index in [-0.39, 0.29) is 11.9 Å². The van der Waals surface area contributed by atoms with Crippen LogP contribution in [0.1, 0.15) is 17.9 Å². The molecule has 3 rings (SSSR count). The number of amides is 2. The number of halogens is 1. The highest BCUT2D eigenvalue weighted by Crippen LogP contribution is 2.31.